The van der Waals surface area contributed by atoms with Crippen molar-refractivity contribution in [2.45, 2.75) is 19.4 Å². The number of nitrogens with one attached hydrogen (secondary N) is 1. The van der Waals surface area contributed by atoms with E-state index < -0.39 is 17.3 Å². The van der Waals surface area contributed by atoms with Gasteiger partial charge in [0.25, 0.3) is 5.91 Å². The molecule has 0 aliphatic rings. The van der Waals surface area contributed by atoms with Crippen molar-refractivity contribution in [2.75, 3.05) is 6.54 Å². The molecule has 6 heteroatoms. The Morgan fingerprint density at radius 1 is 1.53 bits per heavy atom. The number of rotatable bonds is 3. The van der Waals surface area contributed by atoms with Crippen molar-refractivity contribution in [2.24, 2.45) is 5.73 Å². The molecule has 3 nitrogen and oxygen atoms in total. The zero-order chi connectivity index (χ0) is 12.3. The molecule has 0 aromatic heterocycles. The fourth-order valence-electron chi connectivity index (χ4n) is 1.10. The van der Waals surface area contributed by atoms with Crippen molar-refractivity contribution in [1.29, 1.82) is 0 Å². The van der Waals surface area contributed by atoms with Gasteiger partial charge in [0.15, 0.2) is 0 Å². The maximum Gasteiger partial charge on any atom is 0.254 e. The van der Waals surface area contributed by atoms with E-state index in [1.807, 2.05) is 0 Å². The Bertz CT molecular complexity index is 412. The molecule has 0 heterocycles. The van der Waals surface area contributed by atoms with Crippen molar-refractivity contribution in [1.82, 2.24) is 5.32 Å². The summed E-state index contributed by atoms with van der Waals surface area (Å²) in [4.78, 5) is 11.7. The summed E-state index contributed by atoms with van der Waals surface area (Å²) in [5.41, 5.74) is 4.95. The molecule has 0 spiro atoms. The van der Waals surface area contributed by atoms with E-state index in [0.717, 1.165) is 0 Å². The number of amides is 1. The molecule has 0 radical (unpaired) electrons. The summed E-state index contributed by atoms with van der Waals surface area (Å²) < 4.78 is 14.1. The number of carbonyl (C=O) groups excluding carboxylic acids is 1. The molecule has 0 unspecified atom stereocenters. The van der Waals surface area contributed by atoms with Crippen LogP contribution in [0.4, 0.5) is 4.39 Å². The monoisotopic (exact) mass is 324 g/mol. The largest absolute Gasteiger partial charge is 0.346 e. The highest BCUT2D eigenvalue weighted by Crippen LogP contribution is 2.15. The van der Waals surface area contributed by atoms with Gasteiger partial charge in [-0.3, -0.25) is 4.79 Å². The van der Waals surface area contributed by atoms with Crippen LogP contribution in [0.25, 0.3) is 0 Å². The van der Waals surface area contributed by atoms with Crippen LogP contribution in [0.2, 0.25) is 0 Å². The Hall–Kier alpha value is -0.650. The van der Waals surface area contributed by atoms with Crippen molar-refractivity contribution in [3.63, 3.8) is 0 Å². The highest BCUT2D eigenvalue weighted by molar-refractivity contribution is 9.10. The van der Waals surface area contributed by atoms with Gasteiger partial charge < -0.3 is 11.1 Å². The molecular weight excluding hydrogens is 310 g/mol. The van der Waals surface area contributed by atoms with Gasteiger partial charge in [0.2, 0.25) is 0 Å². The lowest BCUT2D eigenvalue weighted by Crippen LogP contribution is -2.49. The Labute approximate surface area is 114 Å². The lowest BCUT2D eigenvalue weighted by molar-refractivity contribution is 0.0911. The van der Waals surface area contributed by atoms with Crippen LogP contribution in [0.15, 0.2) is 22.7 Å². The molecule has 0 aliphatic heterocycles. The second-order valence-electron chi connectivity index (χ2n) is 4.17. The van der Waals surface area contributed by atoms with Gasteiger partial charge in [0.1, 0.15) is 5.82 Å². The van der Waals surface area contributed by atoms with Crippen molar-refractivity contribution >= 4 is 34.2 Å². The second-order valence-corrected chi connectivity index (χ2v) is 5.08. The van der Waals surface area contributed by atoms with Gasteiger partial charge in [-0.25, -0.2) is 4.39 Å². The molecule has 3 N–H and O–H groups in total. The third-order valence-electron chi connectivity index (χ3n) is 2.14. The van der Waals surface area contributed by atoms with Gasteiger partial charge in [-0.05, 0) is 32.0 Å². The van der Waals surface area contributed by atoms with E-state index >= 15 is 0 Å². The molecule has 1 amide bonds. The van der Waals surface area contributed by atoms with Gasteiger partial charge >= 0.3 is 0 Å². The van der Waals surface area contributed by atoms with Crippen LogP contribution in [-0.2, 0) is 0 Å². The zero-order valence-corrected chi connectivity index (χ0v) is 12.0. The summed E-state index contributed by atoms with van der Waals surface area (Å²) in [7, 11) is 0. The third-order valence-corrected chi connectivity index (χ3v) is 2.63. The highest BCUT2D eigenvalue weighted by Gasteiger charge is 2.21. The van der Waals surface area contributed by atoms with Crippen LogP contribution in [0, 0.1) is 5.82 Å². The van der Waals surface area contributed by atoms with Crippen molar-refractivity contribution < 1.29 is 9.18 Å². The number of benzene rings is 1. The van der Waals surface area contributed by atoms with E-state index in [0.29, 0.717) is 4.47 Å². The molecule has 0 atom stereocenters. The average Bonchev–Trinajstić information content (AvgIpc) is 2.16. The number of hydrogen-bond acceptors (Lipinski definition) is 2. The van der Waals surface area contributed by atoms with Crippen LogP contribution < -0.4 is 11.1 Å². The fourth-order valence-corrected chi connectivity index (χ4v) is 1.43. The van der Waals surface area contributed by atoms with E-state index in [-0.39, 0.29) is 24.5 Å². The average molecular weight is 326 g/mol. The molecule has 96 valence electrons. The summed E-state index contributed by atoms with van der Waals surface area (Å²) in [6.07, 6.45) is 0. The fraction of sp³-hybridized carbons (Fsp3) is 0.364. The SMILES string of the molecule is CC(C)(CN)NC(=O)c1ccc(Br)cc1F.Cl. The Morgan fingerprint density at radius 3 is 2.59 bits per heavy atom. The summed E-state index contributed by atoms with van der Waals surface area (Å²) in [6.45, 7) is 3.85. The van der Waals surface area contributed by atoms with E-state index in [1.54, 1.807) is 19.9 Å². The van der Waals surface area contributed by atoms with Gasteiger partial charge in [-0.2, -0.15) is 0 Å². The minimum Gasteiger partial charge on any atom is -0.346 e. The molecule has 0 fully saturated rings. The van der Waals surface area contributed by atoms with Gasteiger partial charge in [0.05, 0.1) is 5.56 Å². The van der Waals surface area contributed by atoms with E-state index in [9.17, 15) is 9.18 Å². The summed E-state index contributed by atoms with van der Waals surface area (Å²) in [5.74, 6) is -1.01. The van der Waals surface area contributed by atoms with Crippen LogP contribution in [0.1, 0.15) is 24.2 Å². The molecule has 1 rings (SSSR count). The second kappa shape index (κ2) is 6.33. The maximum absolute atomic E-state index is 13.5. The van der Waals surface area contributed by atoms with Gasteiger partial charge in [0, 0.05) is 16.6 Å². The molecule has 0 bridgehead atoms. The minimum atomic E-state index is -0.556. The smallest absolute Gasteiger partial charge is 0.254 e. The number of halogens is 3. The molecule has 1 aromatic carbocycles. The zero-order valence-electron chi connectivity index (χ0n) is 9.59. The standard InChI is InChI=1S/C11H14BrFN2O.ClH/c1-11(2,6-14)15-10(16)8-4-3-7(12)5-9(8)13;/h3-5H,6,14H2,1-2H3,(H,15,16);1H. The molecule has 1 aromatic rings. The van der Waals surface area contributed by atoms with Gasteiger partial charge in [-0.15, -0.1) is 12.4 Å². The maximum atomic E-state index is 13.5. The van der Waals surface area contributed by atoms with E-state index in [2.05, 4.69) is 21.2 Å². The highest BCUT2D eigenvalue weighted by atomic mass is 79.9. The number of hydrogen-bond donors (Lipinski definition) is 2. The Balaban J connectivity index is 0.00000256. The summed E-state index contributed by atoms with van der Waals surface area (Å²) in [5, 5.41) is 2.66. The summed E-state index contributed by atoms with van der Waals surface area (Å²) >= 11 is 3.13. The lowest BCUT2D eigenvalue weighted by atomic mass is 10.1. The quantitative estimate of drug-likeness (QED) is 0.897. The minimum absolute atomic E-state index is 0. The van der Waals surface area contributed by atoms with E-state index in [1.165, 1.54) is 12.1 Å². The molecule has 0 aliphatic carbocycles. The lowest BCUT2D eigenvalue weighted by Gasteiger charge is -2.24. The first kappa shape index (κ1) is 16.4. The van der Waals surface area contributed by atoms with E-state index in [4.69, 9.17) is 5.73 Å². The van der Waals surface area contributed by atoms with Crippen LogP contribution in [0.5, 0.6) is 0 Å². The van der Waals surface area contributed by atoms with Gasteiger partial charge in [-0.1, -0.05) is 15.9 Å². The normalized spacial score (nSPS) is 10.6. The predicted octanol–water partition coefficient (Wildman–Crippen LogP) is 2.48. The molecule has 0 saturated carbocycles. The van der Waals surface area contributed by atoms with Crippen LogP contribution in [0.3, 0.4) is 0 Å². The number of carbonyl (C=O) groups is 1. The van der Waals surface area contributed by atoms with Crippen LogP contribution >= 0.6 is 28.3 Å². The third kappa shape index (κ3) is 4.61. The van der Waals surface area contributed by atoms with Crippen molar-refractivity contribution in [3.05, 3.63) is 34.1 Å². The van der Waals surface area contributed by atoms with Crippen molar-refractivity contribution in [3.8, 4) is 0 Å². The molecule has 0 saturated heterocycles. The number of nitrogens with two attached hydrogens (primary N) is 1. The Kier molecular flexibility index (Phi) is 6.09. The first-order valence-corrected chi connectivity index (χ1v) is 5.62. The first-order chi connectivity index (χ1) is 7.35. The predicted molar refractivity (Wildman–Crippen MR) is 71.9 cm³/mol. The molecule has 17 heavy (non-hydrogen) atoms. The summed E-state index contributed by atoms with van der Waals surface area (Å²) in [6, 6.07) is 4.30. The first-order valence-electron chi connectivity index (χ1n) is 4.83. The molecular formula is C11H15BrClFN2O. The topological polar surface area (TPSA) is 55.1 Å². The van der Waals surface area contributed by atoms with Crippen LogP contribution in [-0.4, -0.2) is 18.0 Å². The Morgan fingerprint density at radius 2 is 2.12 bits per heavy atom.